The monoisotopic (exact) mass is 367 g/mol. The Bertz CT molecular complexity index is 941. The Morgan fingerprint density at radius 3 is 2.81 bits per heavy atom. The highest BCUT2D eigenvalue weighted by molar-refractivity contribution is 8.00. The number of hydrogen-bond acceptors (Lipinski definition) is 4. The predicted octanol–water partition coefficient (Wildman–Crippen LogP) is 2.85. The Labute approximate surface area is 154 Å². The largest absolute Gasteiger partial charge is 0.484 e. The van der Waals surface area contributed by atoms with Crippen LogP contribution in [-0.2, 0) is 9.59 Å². The van der Waals surface area contributed by atoms with E-state index in [2.05, 4.69) is 10.4 Å². The molecule has 2 aromatic carbocycles. The number of nitrogens with zero attached hydrogens (tertiary/aromatic N) is 1. The number of rotatable bonds is 5. The summed E-state index contributed by atoms with van der Waals surface area (Å²) in [6, 6.07) is 17.0. The van der Waals surface area contributed by atoms with Crippen molar-refractivity contribution in [2.45, 2.75) is 5.37 Å². The van der Waals surface area contributed by atoms with E-state index in [9.17, 15) is 9.59 Å². The lowest BCUT2D eigenvalue weighted by Gasteiger charge is -2.24. The molecule has 1 aliphatic rings. The number of hydrogen-bond donors (Lipinski definition) is 2. The van der Waals surface area contributed by atoms with Crippen molar-refractivity contribution in [2.24, 2.45) is 0 Å². The van der Waals surface area contributed by atoms with Crippen LogP contribution < -0.4 is 10.2 Å². The van der Waals surface area contributed by atoms with Crippen molar-refractivity contribution in [1.82, 2.24) is 15.4 Å². The van der Waals surface area contributed by atoms with E-state index < -0.39 is 0 Å². The summed E-state index contributed by atoms with van der Waals surface area (Å²) in [7, 11) is 0. The van der Waals surface area contributed by atoms with Gasteiger partial charge < -0.3 is 9.72 Å². The van der Waals surface area contributed by atoms with Gasteiger partial charge in [-0.1, -0.05) is 36.4 Å². The zero-order valence-corrected chi connectivity index (χ0v) is 14.7. The van der Waals surface area contributed by atoms with Crippen LogP contribution in [0.15, 0.2) is 60.8 Å². The Balaban J connectivity index is 1.47. The number of ether oxygens (including phenoxy) is 1. The molecule has 1 fully saturated rings. The molecule has 0 bridgehead atoms. The molecule has 3 aromatic rings. The van der Waals surface area contributed by atoms with Gasteiger partial charge in [0.2, 0.25) is 0 Å². The SMILES string of the molecule is O=C(COc1ccccc1)NN1C(=O)CS[C@@H]1c1c[nH]c2ccccc12. The number of nitrogens with one attached hydrogen (secondary N) is 2. The molecule has 7 heteroatoms. The minimum Gasteiger partial charge on any atom is -0.484 e. The topological polar surface area (TPSA) is 74.4 Å². The summed E-state index contributed by atoms with van der Waals surface area (Å²) in [5, 5.41) is 2.18. The molecule has 0 spiro atoms. The molecule has 0 saturated carbocycles. The van der Waals surface area contributed by atoms with E-state index in [4.69, 9.17) is 4.74 Å². The number of H-pyrrole nitrogens is 1. The predicted molar refractivity (Wildman–Crippen MR) is 100 cm³/mol. The van der Waals surface area contributed by atoms with E-state index >= 15 is 0 Å². The number of para-hydroxylation sites is 2. The fourth-order valence-electron chi connectivity index (χ4n) is 2.91. The average Bonchev–Trinajstić information content (AvgIpc) is 3.25. The summed E-state index contributed by atoms with van der Waals surface area (Å²) in [6.45, 7) is -0.154. The van der Waals surface area contributed by atoms with Crippen LogP contribution in [0.3, 0.4) is 0 Å². The molecule has 26 heavy (non-hydrogen) atoms. The third-order valence-electron chi connectivity index (χ3n) is 4.11. The van der Waals surface area contributed by atoms with Gasteiger partial charge in [-0.3, -0.25) is 15.0 Å². The van der Waals surface area contributed by atoms with Gasteiger partial charge in [-0.05, 0) is 18.2 Å². The lowest BCUT2D eigenvalue weighted by molar-refractivity contribution is -0.140. The minimum absolute atomic E-state index is 0.127. The van der Waals surface area contributed by atoms with E-state index in [1.54, 1.807) is 12.1 Å². The Hall–Kier alpha value is -2.93. The van der Waals surface area contributed by atoms with Crippen molar-refractivity contribution < 1.29 is 14.3 Å². The molecule has 4 rings (SSSR count). The first-order chi connectivity index (χ1) is 12.7. The lowest BCUT2D eigenvalue weighted by Crippen LogP contribution is -2.46. The average molecular weight is 367 g/mol. The molecule has 0 unspecified atom stereocenters. The molecule has 0 radical (unpaired) electrons. The van der Waals surface area contributed by atoms with E-state index in [0.29, 0.717) is 11.5 Å². The van der Waals surface area contributed by atoms with Crippen LogP contribution in [0.1, 0.15) is 10.9 Å². The van der Waals surface area contributed by atoms with Gasteiger partial charge >= 0.3 is 0 Å². The highest BCUT2D eigenvalue weighted by Gasteiger charge is 2.35. The summed E-state index contributed by atoms with van der Waals surface area (Å²) in [4.78, 5) is 27.7. The molecule has 1 aromatic heterocycles. The fourth-order valence-corrected chi connectivity index (χ4v) is 4.04. The van der Waals surface area contributed by atoms with E-state index in [-0.39, 0.29) is 23.8 Å². The quantitative estimate of drug-likeness (QED) is 0.727. The first kappa shape index (κ1) is 16.5. The van der Waals surface area contributed by atoms with Gasteiger partial charge in [0.05, 0.1) is 5.75 Å². The standard InChI is InChI=1S/C19H17N3O3S/c23-17(11-25-13-6-2-1-3-7-13)21-22-18(24)12-26-19(22)15-10-20-16-9-5-4-8-14(15)16/h1-10,19-20H,11-12H2,(H,21,23)/t19-/m1/s1. The van der Waals surface area contributed by atoms with Gasteiger partial charge in [-0.2, -0.15) is 0 Å². The maximum Gasteiger partial charge on any atom is 0.276 e. The molecule has 2 N–H and O–H groups in total. The van der Waals surface area contributed by atoms with Gasteiger partial charge in [0.1, 0.15) is 11.1 Å². The normalized spacial score (nSPS) is 16.8. The van der Waals surface area contributed by atoms with Gasteiger partial charge in [-0.15, -0.1) is 11.8 Å². The maximum atomic E-state index is 12.3. The third-order valence-corrected chi connectivity index (χ3v) is 5.31. The lowest BCUT2D eigenvalue weighted by atomic mass is 10.1. The molecular weight excluding hydrogens is 350 g/mol. The van der Waals surface area contributed by atoms with Crippen molar-refractivity contribution in [3.8, 4) is 5.75 Å². The summed E-state index contributed by atoms with van der Waals surface area (Å²) in [5.41, 5.74) is 4.66. The molecule has 2 heterocycles. The molecule has 1 saturated heterocycles. The van der Waals surface area contributed by atoms with Gasteiger partial charge in [0, 0.05) is 22.7 Å². The summed E-state index contributed by atoms with van der Waals surface area (Å²) in [6.07, 6.45) is 1.89. The molecule has 0 aliphatic carbocycles. The summed E-state index contributed by atoms with van der Waals surface area (Å²) < 4.78 is 5.45. The number of carbonyl (C=O) groups excluding carboxylic acids is 2. The van der Waals surface area contributed by atoms with Gasteiger partial charge in [0.25, 0.3) is 11.8 Å². The van der Waals surface area contributed by atoms with Crippen LogP contribution in [0.4, 0.5) is 0 Å². The van der Waals surface area contributed by atoms with Crippen LogP contribution in [0.5, 0.6) is 5.75 Å². The van der Waals surface area contributed by atoms with Crippen molar-refractivity contribution in [3.63, 3.8) is 0 Å². The van der Waals surface area contributed by atoms with E-state index in [0.717, 1.165) is 16.5 Å². The first-order valence-corrected chi connectivity index (χ1v) is 9.24. The number of aromatic nitrogens is 1. The van der Waals surface area contributed by atoms with E-state index in [1.807, 2.05) is 48.7 Å². The second-order valence-electron chi connectivity index (χ2n) is 5.85. The molecular formula is C19H17N3O3S. The van der Waals surface area contributed by atoms with E-state index in [1.165, 1.54) is 16.8 Å². The number of aromatic amines is 1. The van der Waals surface area contributed by atoms with Crippen molar-refractivity contribution >= 4 is 34.5 Å². The zero-order chi connectivity index (χ0) is 17.9. The second-order valence-corrected chi connectivity index (χ2v) is 6.92. The maximum absolute atomic E-state index is 12.3. The number of amides is 2. The second kappa shape index (κ2) is 7.13. The Kier molecular flexibility index (Phi) is 4.53. The number of fused-ring (bicyclic) bond motifs is 1. The van der Waals surface area contributed by atoms with Crippen LogP contribution in [0.2, 0.25) is 0 Å². The van der Waals surface area contributed by atoms with Crippen LogP contribution in [-0.4, -0.2) is 34.2 Å². The Morgan fingerprint density at radius 1 is 1.19 bits per heavy atom. The smallest absolute Gasteiger partial charge is 0.276 e. The van der Waals surface area contributed by atoms with Gasteiger partial charge in [0.15, 0.2) is 6.61 Å². The molecule has 132 valence electrons. The zero-order valence-electron chi connectivity index (χ0n) is 13.8. The summed E-state index contributed by atoms with van der Waals surface area (Å²) >= 11 is 1.49. The fraction of sp³-hybridized carbons (Fsp3) is 0.158. The summed E-state index contributed by atoms with van der Waals surface area (Å²) in [5.74, 6) is 0.440. The number of thioether (sulfide) groups is 1. The molecule has 2 amide bonds. The first-order valence-electron chi connectivity index (χ1n) is 8.19. The van der Waals surface area contributed by atoms with Crippen LogP contribution in [0, 0.1) is 0 Å². The Morgan fingerprint density at radius 2 is 1.96 bits per heavy atom. The highest BCUT2D eigenvalue weighted by Crippen LogP contribution is 2.40. The van der Waals surface area contributed by atoms with Gasteiger partial charge in [-0.25, -0.2) is 5.01 Å². The molecule has 1 atom stereocenters. The minimum atomic E-state index is -0.366. The van der Waals surface area contributed by atoms with Crippen molar-refractivity contribution in [3.05, 3.63) is 66.4 Å². The van der Waals surface area contributed by atoms with Crippen LogP contribution >= 0.6 is 11.8 Å². The number of carbonyl (C=O) groups is 2. The van der Waals surface area contributed by atoms with Crippen molar-refractivity contribution in [1.29, 1.82) is 0 Å². The number of hydrazine groups is 1. The third kappa shape index (κ3) is 3.25. The molecule has 6 nitrogen and oxygen atoms in total. The number of benzene rings is 2. The molecule has 1 aliphatic heterocycles. The van der Waals surface area contributed by atoms with Crippen molar-refractivity contribution in [2.75, 3.05) is 12.4 Å². The highest BCUT2D eigenvalue weighted by atomic mass is 32.2. The van der Waals surface area contributed by atoms with Crippen LogP contribution in [0.25, 0.3) is 10.9 Å².